The Hall–Kier alpha value is -2.50. The standard InChI is InChI=1S/C16H21NO5/c1-10(2)8-12(16(20)21)17-15(19)7-5-11-4-6-14(22-3)13(18)9-11/h4-7,9-10,12,18H,8H2,1-3H3,(H,17,19)(H,20,21)/b7-5+. The number of nitrogens with one attached hydrogen (secondary N) is 1. The number of aromatic hydroxyl groups is 1. The number of carbonyl (C=O) groups excluding carboxylic acids is 1. The quantitative estimate of drug-likeness (QED) is 0.670. The van der Waals surface area contributed by atoms with Gasteiger partial charge in [0.15, 0.2) is 11.5 Å². The Morgan fingerprint density at radius 2 is 2.05 bits per heavy atom. The summed E-state index contributed by atoms with van der Waals surface area (Å²) in [5, 5.41) is 21.1. The minimum atomic E-state index is -1.06. The van der Waals surface area contributed by atoms with Crippen molar-refractivity contribution in [3.63, 3.8) is 0 Å². The lowest BCUT2D eigenvalue weighted by atomic mass is 10.0. The molecule has 0 spiro atoms. The normalized spacial score (nSPS) is 12.4. The maximum Gasteiger partial charge on any atom is 0.326 e. The number of carboxylic acid groups (broad SMARTS) is 1. The molecule has 0 radical (unpaired) electrons. The van der Waals surface area contributed by atoms with Crippen molar-refractivity contribution in [1.82, 2.24) is 5.32 Å². The number of carbonyl (C=O) groups is 2. The van der Waals surface area contributed by atoms with E-state index in [1.807, 2.05) is 13.8 Å². The van der Waals surface area contributed by atoms with Gasteiger partial charge in [-0.25, -0.2) is 4.79 Å². The van der Waals surface area contributed by atoms with Crippen molar-refractivity contribution in [3.05, 3.63) is 29.8 Å². The van der Waals surface area contributed by atoms with Crippen LogP contribution >= 0.6 is 0 Å². The highest BCUT2D eigenvalue weighted by Gasteiger charge is 2.19. The van der Waals surface area contributed by atoms with Crippen molar-refractivity contribution in [2.24, 2.45) is 5.92 Å². The smallest absolute Gasteiger partial charge is 0.326 e. The van der Waals surface area contributed by atoms with Gasteiger partial charge >= 0.3 is 5.97 Å². The number of phenols is 1. The fraction of sp³-hybridized carbons (Fsp3) is 0.375. The van der Waals surface area contributed by atoms with Gasteiger partial charge in [0.2, 0.25) is 5.91 Å². The second-order valence-electron chi connectivity index (χ2n) is 5.29. The van der Waals surface area contributed by atoms with Gasteiger partial charge in [0.05, 0.1) is 7.11 Å². The van der Waals surface area contributed by atoms with Gasteiger partial charge in [0.25, 0.3) is 0 Å². The summed E-state index contributed by atoms with van der Waals surface area (Å²) < 4.78 is 4.92. The second kappa shape index (κ2) is 8.07. The molecule has 0 aliphatic carbocycles. The van der Waals surface area contributed by atoms with E-state index >= 15 is 0 Å². The summed E-state index contributed by atoms with van der Waals surface area (Å²) in [6.45, 7) is 3.77. The second-order valence-corrected chi connectivity index (χ2v) is 5.29. The number of phenolic OH excluding ortho intramolecular Hbond substituents is 1. The molecule has 6 nitrogen and oxygen atoms in total. The molecule has 1 amide bonds. The van der Waals surface area contributed by atoms with E-state index in [-0.39, 0.29) is 11.7 Å². The van der Waals surface area contributed by atoms with E-state index in [0.717, 1.165) is 0 Å². The molecule has 0 saturated heterocycles. The number of rotatable bonds is 7. The summed E-state index contributed by atoms with van der Waals surface area (Å²) >= 11 is 0. The maximum absolute atomic E-state index is 11.8. The highest BCUT2D eigenvalue weighted by molar-refractivity contribution is 5.94. The molecular weight excluding hydrogens is 286 g/mol. The molecule has 1 aromatic rings. The molecule has 1 rings (SSSR count). The van der Waals surface area contributed by atoms with Crippen LogP contribution in [0.1, 0.15) is 25.8 Å². The van der Waals surface area contributed by atoms with Crippen LogP contribution in [0.15, 0.2) is 24.3 Å². The molecule has 3 N–H and O–H groups in total. The highest BCUT2D eigenvalue weighted by Crippen LogP contribution is 2.26. The molecule has 6 heteroatoms. The average Bonchev–Trinajstić information content (AvgIpc) is 2.44. The van der Waals surface area contributed by atoms with E-state index in [4.69, 9.17) is 9.84 Å². The van der Waals surface area contributed by atoms with Crippen LogP contribution in [0, 0.1) is 5.92 Å². The Morgan fingerprint density at radius 1 is 1.36 bits per heavy atom. The lowest BCUT2D eigenvalue weighted by Crippen LogP contribution is -2.40. The SMILES string of the molecule is COc1ccc(/C=C/C(=O)NC(CC(C)C)C(=O)O)cc1O. The zero-order valence-electron chi connectivity index (χ0n) is 12.9. The molecule has 1 unspecified atom stereocenters. The number of benzene rings is 1. The van der Waals surface area contributed by atoms with Gasteiger partial charge in [-0.05, 0) is 36.1 Å². The Kier molecular flexibility index (Phi) is 6.44. The molecule has 22 heavy (non-hydrogen) atoms. The average molecular weight is 307 g/mol. The first-order valence-corrected chi connectivity index (χ1v) is 6.92. The first-order valence-electron chi connectivity index (χ1n) is 6.92. The lowest BCUT2D eigenvalue weighted by molar-refractivity contribution is -0.141. The largest absolute Gasteiger partial charge is 0.504 e. The van der Waals surface area contributed by atoms with E-state index in [0.29, 0.717) is 17.7 Å². The summed E-state index contributed by atoms with van der Waals surface area (Å²) in [6.07, 6.45) is 3.08. The van der Waals surface area contributed by atoms with Crippen molar-refractivity contribution in [2.75, 3.05) is 7.11 Å². The Labute approximate surface area is 129 Å². The van der Waals surface area contributed by atoms with Crippen LogP contribution in [0.4, 0.5) is 0 Å². The predicted octanol–water partition coefficient (Wildman–Crippen LogP) is 2.03. The number of amides is 1. The molecule has 120 valence electrons. The van der Waals surface area contributed by atoms with Crippen LogP contribution in [0.25, 0.3) is 6.08 Å². The summed E-state index contributed by atoms with van der Waals surface area (Å²) in [7, 11) is 1.44. The summed E-state index contributed by atoms with van der Waals surface area (Å²) in [4.78, 5) is 22.8. The minimum Gasteiger partial charge on any atom is -0.504 e. The monoisotopic (exact) mass is 307 g/mol. The molecule has 0 aromatic heterocycles. The van der Waals surface area contributed by atoms with Crippen molar-refractivity contribution in [3.8, 4) is 11.5 Å². The van der Waals surface area contributed by atoms with Crippen LogP contribution < -0.4 is 10.1 Å². The molecular formula is C16H21NO5. The van der Waals surface area contributed by atoms with Crippen LogP contribution in [0.5, 0.6) is 11.5 Å². The van der Waals surface area contributed by atoms with Crippen molar-refractivity contribution in [1.29, 1.82) is 0 Å². The number of aliphatic carboxylic acids is 1. The third-order valence-electron chi connectivity index (χ3n) is 2.95. The number of hydrogen-bond acceptors (Lipinski definition) is 4. The van der Waals surface area contributed by atoms with Crippen LogP contribution in [0.2, 0.25) is 0 Å². The van der Waals surface area contributed by atoms with Gasteiger partial charge in [0.1, 0.15) is 6.04 Å². The van der Waals surface area contributed by atoms with Gasteiger partial charge in [-0.3, -0.25) is 4.79 Å². The molecule has 0 aliphatic rings. The van der Waals surface area contributed by atoms with E-state index in [9.17, 15) is 14.7 Å². The van der Waals surface area contributed by atoms with Gasteiger partial charge in [-0.1, -0.05) is 19.9 Å². The van der Waals surface area contributed by atoms with Crippen molar-refractivity contribution in [2.45, 2.75) is 26.3 Å². The van der Waals surface area contributed by atoms with Crippen LogP contribution in [0.3, 0.4) is 0 Å². The Bertz CT molecular complexity index is 566. The molecule has 0 aliphatic heterocycles. The number of methoxy groups -OCH3 is 1. The van der Waals surface area contributed by atoms with E-state index < -0.39 is 17.9 Å². The molecule has 0 fully saturated rings. The van der Waals surface area contributed by atoms with E-state index in [2.05, 4.69) is 5.32 Å². The van der Waals surface area contributed by atoms with Crippen molar-refractivity contribution < 1.29 is 24.5 Å². The molecule has 0 bridgehead atoms. The minimum absolute atomic E-state index is 0.0340. The molecule has 0 heterocycles. The zero-order valence-corrected chi connectivity index (χ0v) is 12.9. The molecule has 1 aromatic carbocycles. The zero-order chi connectivity index (χ0) is 16.7. The maximum atomic E-state index is 11.8. The van der Waals surface area contributed by atoms with Gasteiger partial charge < -0.3 is 20.3 Å². The predicted molar refractivity (Wildman–Crippen MR) is 82.7 cm³/mol. The third-order valence-corrected chi connectivity index (χ3v) is 2.95. The number of ether oxygens (including phenoxy) is 1. The topological polar surface area (TPSA) is 95.9 Å². The number of carboxylic acids is 1. The number of hydrogen-bond donors (Lipinski definition) is 3. The molecule has 0 saturated carbocycles. The van der Waals surface area contributed by atoms with Crippen molar-refractivity contribution >= 4 is 18.0 Å². The highest BCUT2D eigenvalue weighted by atomic mass is 16.5. The molecule has 1 atom stereocenters. The summed E-state index contributed by atoms with van der Waals surface area (Å²) in [5.74, 6) is -1.09. The van der Waals surface area contributed by atoms with E-state index in [1.54, 1.807) is 12.1 Å². The van der Waals surface area contributed by atoms with Crippen LogP contribution in [-0.2, 0) is 9.59 Å². The van der Waals surface area contributed by atoms with Gasteiger partial charge in [0, 0.05) is 6.08 Å². The first-order chi connectivity index (χ1) is 10.3. The summed E-state index contributed by atoms with van der Waals surface area (Å²) in [6, 6.07) is 3.78. The third kappa shape index (κ3) is 5.47. The first kappa shape index (κ1) is 17.6. The Balaban J connectivity index is 2.70. The van der Waals surface area contributed by atoms with E-state index in [1.165, 1.54) is 25.3 Å². The fourth-order valence-electron chi connectivity index (χ4n) is 1.90. The lowest BCUT2D eigenvalue weighted by Gasteiger charge is -2.15. The van der Waals surface area contributed by atoms with Gasteiger partial charge in [-0.2, -0.15) is 0 Å². The van der Waals surface area contributed by atoms with Crippen LogP contribution in [-0.4, -0.2) is 35.2 Å². The fourth-order valence-corrected chi connectivity index (χ4v) is 1.90. The summed E-state index contributed by atoms with van der Waals surface area (Å²) in [5.41, 5.74) is 0.601. The van der Waals surface area contributed by atoms with Gasteiger partial charge in [-0.15, -0.1) is 0 Å². The Morgan fingerprint density at radius 3 is 2.55 bits per heavy atom.